The van der Waals surface area contributed by atoms with Crippen molar-refractivity contribution in [3.05, 3.63) is 46.0 Å². The van der Waals surface area contributed by atoms with Gasteiger partial charge in [0.2, 0.25) is 5.91 Å². The highest BCUT2D eigenvalue weighted by Gasteiger charge is 2.20. The normalized spacial score (nSPS) is 14.1. The number of aromatic nitrogens is 1. The predicted octanol–water partition coefficient (Wildman–Crippen LogP) is 3.69. The fourth-order valence-corrected chi connectivity index (χ4v) is 4.12. The van der Waals surface area contributed by atoms with Gasteiger partial charge in [0.1, 0.15) is 0 Å². The summed E-state index contributed by atoms with van der Waals surface area (Å²) in [6.07, 6.45) is 2.28. The van der Waals surface area contributed by atoms with Crippen molar-refractivity contribution in [3.8, 4) is 0 Å². The molecule has 3 rings (SSSR count). The van der Waals surface area contributed by atoms with Crippen molar-refractivity contribution >= 4 is 28.2 Å². The smallest absolute Gasteiger partial charge is 0.226 e. The van der Waals surface area contributed by atoms with Gasteiger partial charge in [-0.3, -0.25) is 14.5 Å². The summed E-state index contributed by atoms with van der Waals surface area (Å²) in [4.78, 5) is 32.6. The van der Waals surface area contributed by atoms with E-state index in [0.717, 1.165) is 38.2 Å². The Balaban J connectivity index is 1.51. The minimum absolute atomic E-state index is 0.000163. The maximum absolute atomic E-state index is 12.2. The fourth-order valence-electron chi connectivity index (χ4n) is 3.05. The minimum atomic E-state index is -0.151. The van der Waals surface area contributed by atoms with Gasteiger partial charge in [0.25, 0.3) is 0 Å². The third-order valence-electron chi connectivity index (χ3n) is 4.77. The van der Waals surface area contributed by atoms with Crippen LogP contribution in [-0.2, 0) is 24.2 Å². The number of anilines is 1. The monoisotopic (exact) mass is 371 g/mol. The van der Waals surface area contributed by atoms with E-state index < -0.39 is 0 Å². The Kier molecular flexibility index (Phi) is 6.16. The van der Waals surface area contributed by atoms with E-state index in [1.807, 2.05) is 24.3 Å². The molecule has 0 unspecified atom stereocenters. The number of hydrogen-bond donors (Lipinski definition) is 1. The van der Waals surface area contributed by atoms with Crippen LogP contribution in [0.15, 0.2) is 24.3 Å². The second-order valence-corrected chi connectivity index (χ2v) is 7.61. The number of fused-ring (bicyclic) bond motifs is 1. The molecule has 1 aliphatic rings. The summed E-state index contributed by atoms with van der Waals surface area (Å²) >= 11 is 1.55. The molecule has 0 atom stereocenters. The summed E-state index contributed by atoms with van der Waals surface area (Å²) in [6, 6.07) is 7.61. The van der Waals surface area contributed by atoms with Crippen LogP contribution in [0, 0.1) is 0 Å². The molecule has 5 nitrogen and oxygen atoms in total. The van der Waals surface area contributed by atoms with Crippen molar-refractivity contribution in [2.24, 2.45) is 0 Å². The van der Waals surface area contributed by atoms with Crippen LogP contribution in [0.2, 0.25) is 0 Å². The second-order valence-electron chi connectivity index (χ2n) is 6.53. The summed E-state index contributed by atoms with van der Waals surface area (Å²) in [5.41, 5.74) is 2.97. The molecule has 2 aromatic rings. The first-order valence-electron chi connectivity index (χ1n) is 9.22. The van der Waals surface area contributed by atoms with Gasteiger partial charge in [-0.25, -0.2) is 4.98 Å². The van der Waals surface area contributed by atoms with E-state index in [4.69, 9.17) is 0 Å². The molecule has 1 aliphatic heterocycles. The largest absolute Gasteiger partial charge is 0.302 e. The van der Waals surface area contributed by atoms with Crippen LogP contribution in [0.25, 0.3) is 0 Å². The van der Waals surface area contributed by atoms with Crippen LogP contribution in [0.4, 0.5) is 5.13 Å². The number of likely N-dealkylation sites (N-methyl/N-ethyl adjacent to an activating group) is 1. The van der Waals surface area contributed by atoms with Crippen molar-refractivity contribution < 1.29 is 9.59 Å². The zero-order valence-corrected chi connectivity index (χ0v) is 16.2. The molecule has 1 aromatic heterocycles. The van der Waals surface area contributed by atoms with Gasteiger partial charge in [-0.15, -0.1) is 11.3 Å². The number of nitrogens with zero attached hydrogens (tertiary/aromatic N) is 2. The first-order valence-corrected chi connectivity index (χ1v) is 10.0. The SMILES string of the molecule is CCc1ccc(C(=O)CCC(=O)Nc2nc3c(s2)CN(CC)CC3)cc1. The highest BCUT2D eigenvalue weighted by Crippen LogP contribution is 2.28. The fraction of sp³-hybridized carbons (Fsp3) is 0.450. The van der Waals surface area contributed by atoms with E-state index in [2.05, 4.69) is 29.0 Å². The van der Waals surface area contributed by atoms with E-state index >= 15 is 0 Å². The lowest BCUT2D eigenvalue weighted by Gasteiger charge is -2.23. The van der Waals surface area contributed by atoms with Gasteiger partial charge in [0, 0.05) is 42.8 Å². The molecule has 0 aliphatic carbocycles. The Morgan fingerprint density at radius 3 is 2.65 bits per heavy atom. The van der Waals surface area contributed by atoms with Crippen molar-refractivity contribution in [1.82, 2.24) is 9.88 Å². The molecule has 0 bridgehead atoms. The summed E-state index contributed by atoms with van der Waals surface area (Å²) in [7, 11) is 0. The van der Waals surface area contributed by atoms with Gasteiger partial charge in [-0.1, -0.05) is 38.1 Å². The van der Waals surface area contributed by atoms with Gasteiger partial charge in [0.05, 0.1) is 5.69 Å². The summed E-state index contributed by atoms with van der Waals surface area (Å²) in [5.74, 6) is -0.151. The molecule has 0 saturated heterocycles. The number of carbonyl (C=O) groups is 2. The number of carbonyl (C=O) groups excluding carboxylic acids is 2. The quantitative estimate of drug-likeness (QED) is 0.754. The number of thiazole rings is 1. The third-order valence-corrected chi connectivity index (χ3v) is 5.76. The molecule has 1 N–H and O–H groups in total. The van der Waals surface area contributed by atoms with E-state index in [1.54, 1.807) is 11.3 Å². The first kappa shape index (κ1) is 18.7. The molecule has 2 heterocycles. The summed E-state index contributed by atoms with van der Waals surface area (Å²) < 4.78 is 0. The Morgan fingerprint density at radius 2 is 1.96 bits per heavy atom. The Bertz CT molecular complexity index is 783. The summed E-state index contributed by atoms with van der Waals surface area (Å²) in [5, 5.41) is 3.51. The van der Waals surface area contributed by atoms with Crippen LogP contribution in [0.1, 0.15) is 53.2 Å². The van der Waals surface area contributed by atoms with Gasteiger partial charge >= 0.3 is 0 Å². The number of aryl methyl sites for hydroxylation is 1. The number of benzene rings is 1. The highest BCUT2D eigenvalue weighted by atomic mass is 32.1. The number of amides is 1. The zero-order chi connectivity index (χ0) is 18.5. The number of nitrogens with one attached hydrogen (secondary N) is 1. The van der Waals surface area contributed by atoms with E-state index in [-0.39, 0.29) is 24.5 Å². The van der Waals surface area contributed by atoms with Gasteiger partial charge < -0.3 is 5.32 Å². The van der Waals surface area contributed by atoms with Crippen molar-refractivity contribution in [3.63, 3.8) is 0 Å². The van der Waals surface area contributed by atoms with Crippen LogP contribution >= 0.6 is 11.3 Å². The average molecular weight is 372 g/mol. The van der Waals surface area contributed by atoms with Crippen molar-refractivity contribution in [2.75, 3.05) is 18.4 Å². The molecular formula is C20H25N3O2S. The lowest BCUT2D eigenvalue weighted by Crippen LogP contribution is -2.29. The topological polar surface area (TPSA) is 62.3 Å². The third kappa shape index (κ3) is 4.56. The number of rotatable bonds is 7. The predicted molar refractivity (Wildman–Crippen MR) is 105 cm³/mol. The molecule has 1 aromatic carbocycles. The van der Waals surface area contributed by atoms with Crippen LogP contribution in [0.3, 0.4) is 0 Å². The average Bonchev–Trinajstić information content (AvgIpc) is 3.07. The van der Waals surface area contributed by atoms with Crippen LogP contribution in [-0.4, -0.2) is 34.7 Å². The molecule has 138 valence electrons. The van der Waals surface area contributed by atoms with Gasteiger partial charge in [-0.2, -0.15) is 0 Å². The van der Waals surface area contributed by atoms with Crippen LogP contribution < -0.4 is 5.32 Å². The standard InChI is InChI=1S/C20H25N3O2S/c1-3-14-5-7-15(8-6-14)17(24)9-10-19(25)22-20-21-16-11-12-23(4-2)13-18(16)26-20/h5-8H,3-4,9-13H2,1-2H3,(H,21,22,25). The van der Waals surface area contributed by atoms with Gasteiger partial charge in [-0.05, 0) is 18.5 Å². The molecule has 6 heteroatoms. The molecular weight excluding hydrogens is 346 g/mol. The molecule has 0 saturated carbocycles. The lowest BCUT2D eigenvalue weighted by atomic mass is 10.0. The second kappa shape index (κ2) is 8.56. The zero-order valence-electron chi connectivity index (χ0n) is 15.4. The Morgan fingerprint density at radius 1 is 1.19 bits per heavy atom. The lowest BCUT2D eigenvalue weighted by molar-refractivity contribution is -0.116. The first-order chi connectivity index (χ1) is 12.6. The van der Waals surface area contributed by atoms with E-state index in [0.29, 0.717) is 10.7 Å². The molecule has 0 fully saturated rings. The molecule has 0 spiro atoms. The minimum Gasteiger partial charge on any atom is -0.302 e. The Labute approximate surface area is 158 Å². The van der Waals surface area contributed by atoms with E-state index in [9.17, 15) is 9.59 Å². The number of hydrogen-bond acceptors (Lipinski definition) is 5. The van der Waals surface area contributed by atoms with E-state index in [1.165, 1.54) is 10.4 Å². The molecule has 1 amide bonds. The van der Waals surface area contributed by atoms with Gasteiger partial charge in [0.15, 0.2) is 10.9 Å². The number of ketones is 1. The molecule has 26 heavy (non-hydrogen) atoms. The summed E-state index contributed by atoms with van der Waals surface area (Å²) in [6.45, 7) is 7.19. The molecule has 0 radical (unpaired) electrons. The number of Topliss-reactive ketones (excluding diaryl/α,β-unsaturated/α-hetero) is 1. The maximum Gasteiger partial charge on any atom is 0.226 e. The highest BCUT2D eigenvalue weighted by molar-refractivity contribution is 7.15. The maximum atomic E-state index is 12.2. The van der Waals surface area contributed by atoms with Crippen molar-refractivity contribution in [2.45, 2.75) is 46.1 Å². The Hall–Kier alpha value is -2.05. The van der Waals surface area contributed by atoms with Crippen LogP contribution in [0.5, 0.6) is 0 Å². The van der Waals surface area contributed by atoms with Crippen molar-refractivity contribution in [1.29, 1.82) is 0 Å².